The Morgan fingerprint density at radius 2 is 1.70 bits per heavy atom. The number of ether oxygens (including phenoxy) is 2. The molecule has 0 aromatic heterocycles. The lowest BCUT2D eigenvalue weighted by Gasteiger charge is -2.60. The first-order chi connectivity index (χ1) is 10.9. The van der Waals surface area contributed by atoms with Gasteiger partial charge in [-0.25, -0.2) is 0 Å². The predicted octanol–water partition coefficient (Wildman–Crippen LogP) is 2.66. The van der Waals surface area contributed by atoms with Crippen molar-refractivity contribution < 1.29 is 9.47 Å². The number of rotatable bonds is 1. The summed E-state index contributed by atoms with van der Waals surface area (Å²) in [6, 6.07) is 14.9. The Balaban J connectivity index is 2.35. The van der Waals surface area contributed by atoms with E-state index in [4.69, 9.17) is 14.9 Å². The van der Waals surface area contributed by atoms with E-state index < -0.39 is 28.6 Å². The van der Waals surface area contributed by atoms with E-state index in [1.54, 1.807) is 38.1 Å². The van der Waals surface area contributed by atoms with Crippen LogP contribution in [0.15, 0.2) is 30.3 Å². The third-order valence-electron chi connectivity index (χ3n) is 5.10. The number of nitriles is 3. The minimum atomic E-state index is -1.81. The quantitative estimate of drug-likeness (QED) is 0.856. The molecule has 0 saturated carbocycles. The average Bonchev–Trinajstić information content (AvgIpc) is 2.57. The monoisotopic (exact) mass is 306 g/mol. The first kappa shape index (κ1) is 15.0. The van der Waals surface area contributed by atoms with E-state index >= 15 is 0 Å². The van der Waals surface area contributed by atoms with E-state index in [2.05, 4.69) is 0 Å². The maximum Gasteiger partial charge on any atom is 0.215 e. The molecule has 3 saturated heterocycles. The van der Waals surface area contributed by atoms with Gasteiger partial charge in [-0.1, -0.05) is 37.3 Å². The molecule has 3 fully saturated rings. The van der Waals surface area contributed by atoms with Crippen molar-refractivity contribution in [1.82, 2.24) is 0 Å². The molecule has 4 atom stereocenters. The van der Waals surface area contributed by atoms with Gasteiger partial charge >= 0.3 is 0 Å². The van der Waals surface area contributed by atoms with Gasteiger partial charge < -0.3 is 9.47 Å². The molecule has 3 aliphatic heterocycles. The molecular formula is C17H14N4O2. The Kier molecular flexibility index (Phi) is 2.98. The zero-order valence-electron chi connectivity index (χ0n) is 12.7. The topological polar surface area (TPSA) is 114 Å². The van der Waals surface area contributed by atoms with E-state index in [1.807, 2.05) is 24.3 Å². The van der Waals surface area contributed by atoms with Gasteiger partial charge in [0.2, 0.25) is 11.7 Å². The van der Waals surface area contributed by atoms with Crippen molar-refractivity contribution in [3.63, 3.8) is 0 Å². The average molecular weight is 306 g/mol. The van der Waals surface area contributed by atoms with Crippen LogP contribution < -0.4 is 0 Å². The van der Waals surface area contributed by atoms with Crippen LogP contribution in [0, 0.1) is 56.2 Å². The second kappa shape index (κ2) is 4.56. The molecule has 0 radical (unpaired) electrons. The molecule has 1 aromatic carbocycles. The fraction of sp³-hybridized carbons (Fsp3) is 0.412. The van der Waals surface area contributed by atoms with Crippen molar-refractivity contribution in [3.05, 3.63) is 35.9 Å². The molecule has 3 heterocycles. The summed E-state index contributed by atoms with van der Waals surface area (Å²) in [6.07, 6.45) is -0.921. The molecular weight excluding hydrogens is 292 g/mol. The van der Waals surface area contributed by atoms with Crippen LogP contribution in [0.5, 0.6) is 0 Å². The summed E-state index contributed by atoms with van der Waals surface area (Å²) in [4.78, 5) is 0. The van der Waals surface area contributed by atoms with Gasteiger partial charge in [-0.05, 0) is 5.56 Å². The van der Waals surface area contributed by atoms with Crippen molar-refractivity contribution in [1.29, 1.82) is 21.2 Å². The van der Waals surface area contributed by atoms with Gasteiger partial charge in [0.1, 0.15) is 6.10 Å². The summed E-state index contributed by atoms with van der Waals surface area (Å²) >= 11 is 0. The van der Waals surface area contributed by atoms with Gasteiger partial charge in [-0.15, -0.1) is 0 Å². The highest BCUT2D eigenvalue weighted by molar-refractivity contribution is 5.88. The number of fused-ring (bicyclic) bond motifs is 3. The summed E-state index contributed by atoms with van der Waals surface area (Å²) in [6.45, 7) is 3.25. The molecule has 2 bridgehead atoms. The molecule has 4 rings (SSSR count). The van der Waals surface area contributed by atoms with Crippen LogP contribution in [0.3, 0.4) is 0 Å². The summed E-state index contributed by atoms with van der Waals surface area (Å²) in [5.41, 5.74) is -2.91. The summed E-state index contributed by atoms with van der Waals surface area (Å²) in [7, 11) is 0. The Bertz CT molecular complexity index is 787. The Morgan fingerprint density at radius 1 is 1.09 bits per heavy atom. The smallest absolute Gasteiger partial charge is 0.215 e. The fourth-order valence-corrected chi connectivity index (χ4v) is 3.60. The molecule has 1 aromatic rings. The lowest BCUT2D eigenvalue weighted by Crippen LogP contribution is -2.71. The highest BCUT2D eigenvalue weighted by atomic mass is 16.7. The van der Waals surface area contributed by atoms with Gasteiger partial charge in [0, 0.05) is 6.92 Å². The third-order valence-corrected chi connectivity index (χ3v) is 5.10. The minimum Gasteiger partial charge on any atom is -0.448 e. The van der Waals surface area contributed by atoms with Crippen molar-refractivity contribution in [2.45, 2.75) is 25.7 Å². The van der Waals surface area contributed by atoms with E-state index in [9.17, 15) is 15.8 Å². The van der Waals surface area contributed by atoms with Gasteiger partial charge in [0.05, 0.1) is 24.1 Å². The molecule has 6 heteroatoms. The maximum absolute atomic E-state index is 9.91. The highest BCUT2D eigenvalue weighted by Gasteiger charge is 2.77. The first-order valence-electron chi connectivity index (χ1n) is 7.16. The maximum atomic E-state index is 9.91. The van der Waals surface area contributed by atoms with Crippen molar-refractivity contribution in [2.75, 3.05) is 0 Å². The minimum absolute atomic E-state index is 0.385. The van der Waals surface area contributed by atoms with Crippen LogP contribution in [0.1, 0.15) is 25.5 Å². The van der Waals surface area contributed by atoms with Gasteiger partial charge in [0.15, 0.2) is 10.8 Å². The van der Waals surface area contributed by atoms with Crippen LogP contribution in [-0.2, 0) is 9.47 Å². The SMILES string of the molecule is C[C@@H]1C(C#N)(C#N)[C@@]2(C#N)C(=N)O[C@@]1(C)O[C@H]2c1ccccc1. The van der Waals surface area contributed by atoms with Crippen LogP contribution in [0.25, 0.3) is 0 Å². The lowest BCUT2D eigenvalue weighted by molar-refractivity contribution is -0.338. The molecule has 6 nitrogen and oxygen atoms in total. The Hall–Kier alpha value is -2.88. The Morgan fingerprint density at radius 3 is 2.22 bits per heavy atom. The van der Waals surface area contributed by atoms with Gasteiger partial charge in [-0.3, -0.25) is 5.41 Å². The molecule has 23 heavy (non-hydrogen) atoms. The van der Waals surface area contributed by atoms with Crippen LogP contribution >= 0.6 is 0 Å². The first-order valence-corrected chi connectivity index (χ1v) is 7.16. The van der Waals surface area contributed by atoms with E-state index in [1.165, 1.54) is 0 Å². The standard InChI is InChI=1S/C17H14N4O2/c1-11-15(2)22-13(12-6-4-3-5-7-12)17(10-20,14(21)23-15)16(11,8-18)9-19/h3-7,11,13,21H,1-2H3/t11-,13-,15+,17+/m0/s1. The lowest BCUT2D eigenvalue weighted by atomic mass is 9.51. The highest BCUT2D eigenvalue weighted by Crippen LogP contribution is 2.66. The van der Waals surface area contributed by atoms with Gasteiger partial charge in [-0.2, -0.15) is 15.8 Å². The molecule has 0 unspecified atom stereocenters. The Labute approximate surface area is 134 Å². The van der Waals surface area contributed by atoms with E-state index in [0.717, 1.165) is 0 Å². The normalized spacial score (nSPS) is 37.1. The van der Waals surface area contributed by atoms with Crippen LogP contribution in [-0.4, -0.2) is 11.7 Å². The summed E-state index contributed by atoms with van der Waals surface area (Å²) in [5.74, 6) is -2.40. The van der Waals surface area contributed by atoms with Crippen molar-refractivity contribution >= 4 is 5.90 Å². The molecule has 0 aliphatic carbocycles. The second-order valence-electron chi connectivity index (χ2n) is 6.03. The largest absolute Gasteiger partial charge is 0.448 e. The predicted molar refractivity (Wildman–Crippen MR) is 78.4 cm³/mol. The van der Waals surface area contributed by atoms with Crippen LogP contribution in [0.4, 0.5) is 0 Å². The fourth-order valence-electron chi connectivity index (χ4n) is 3.60. The molecule has 114 valence electrons. The van der Waals surface area contributed by atoms with Crippen LogP contribution in [0.2, 0.25) is 0 Å². The second-order valence-corrected chi connectivity index (χ2v) is 6.03. The number of hydrogen-bond donors (Lipinski definition) is 1. The van der Waals surface area contributed by atoms with Crippen molar-refractivity contribution in [2.24, 2.45) is 16.7 Å². The molecule has 0 spiro atoms. The number of hydrogen-bond acceptors (Lipinski definition) is 6. The number of nitrogens with one attached hydrogen (secondary N) is 1. The molecule has 1 N–H and O–H groups in total. The summed E-state index contributed by atoms with van der Waals surface area (Å²) in [5, 5.41) is 37.8. The zero-order chi connectivity index (χ0) is 16.9. The van der Waals surface area contributed by atoms with Crippen molar-refractivity contribution in [3.8, 4) is 18.2 Å². The third kappa shape index (κ3) is 1.50. The van der Waals surface area contributed by atoms with E-state index in [0.29, 0.717) is 5.56 Å². The number of nitrogens with zero attached hydrogens (tertiary/aromatic N) is 3. The molecule has 3 aliphatic rings. The zero-order valence-corrected chi connectivity index (χ0v) is 12.7. The van der Waals surface area contributed by atoms with E-state index in [-0.39, 0.29) is 5.90 Å². The number of benzene rings is 1. The summed E-state index contributed by atoms with van der Waals surface area (Å²) < 4.78 is 11.5. The molecule has 0 amide bonds. The van der Waals surface area contributed by atoms with Gasteiger partial charge in [0.25, 0.3) is 0 Å².